The van der Waals surface area contributed by atoms with Crippen molar-refractivity contribution in [1.29, 1.82) is 0 Å². The Balaban J connectivity index is 2.76. The van der Waals surface area contributed by atoms with Gasteiger partial charge in [0.1, 0.15) is 14.0 Å². The van der Waals surface area contributed by atoms with E-state index in [2.05, 4.69) is 0 Å². The Morgan fingerprint density at radius 2 is 2.15 bits per heavy atom. The van der Waals surface area contributed by atoms with Crippen LogP contribution in [-0.4, -0.2) is 49.0 Å². The van der Waals surface area contributed by atoms with Gasteiger partial charge in [0.15, 0.2) is 0 Å². The molecule has 4 atom stereocenters. The quantitative estimate of drug-likeness (QED) is 0.592. The van der Waals surface area contributed by atoms with E-state index in [1.54, 1.807) is 6.92 Å². The first-order valence-electron chi connectivity index (χ1n) is 4.36. The lowest BCUT2D eigenvalue weighted by Gasteiger charge is -2.30. The number of aliphatic hydroxyl groups excluding tert-OH is 2. The van der Waals surface area contributed by atoms with Crippen molar-refractivity contribution in [3.05, 3.63) is 0 Å². The van der Waals surface area contributed by atoms with E-state index < -0.39 is 23.7 Å². The van der Waals surface area contributed by atoms with Crippen LogP contribution in [0.3, 0.4) is 0 Å². The number of alkyl halides is 1. The maximum absolute atomic E-state index is 13.3. The summed E-state index contributed by atoms with van der Waals surface area (Å²) in [7, 11) is 5.36. The number of hydrogen-bond acceptors (Lipinski definition) is 3. The summed E-state index contributed by atoms with van der Waals surface area (Å²) >= 11 is 0. The van der Waals surface area contributed by atoms with E-state index in [-0.39, 0.29) is 19.6 Å². The minimum Gasteiger partial charge on any atom is -0.396 e. The first kappa shape index (κ1) is 11.0. The van der Waals surface area contributed by atoms with E-state index >= 15 is 0 Å². The molecule has 0 aromatic rings. The molecule has 1 rings (SSSR count). The molecular formula is C8H14BFO3. The largest absolute Gasteiger partial charge is 0.396 e. The average Bonchev–Trinajstić information content (AvgIpc) is 2.32. The number of hydrogen-bond donors (Lipinski definition) is 2. The molecule has 2 radical (unpaired) electrons. The second-order valence-corrected chi connectivity index (χ2v) is 3.51. The van der Waals surface area contributed by atoms with E-state index in [4.69, 9.17) is 22.8 Å². The van der Waals surface area contributed by atoms with Crippen LogP contribution in [0.25, 0.3) is 0 Å². The van der Waals surface area contributed by atoms with Gasteiger partial charge >= 0.3 is 0 Å². The Bertz CT molecular complexity index is 181. The molecule has 1 heterocycles. The molecule has 2 N–H and O–H groups in total. The maximum Gasteiger partial charge on any atom is 0.123 e. The molecule has 74 valence electrons. The number of aliphatic hydroxyl groups is 2. The van der Waals surface area contributed by atoms with E-state index in [1.807, 2.05) is 0 Å². The van der Waals surface area contributed by atoms with Gasteiger partial charge in [0.2, 0.25) is 0 Å². The van der Waals surface area contributed by atoms with Gasteiger partial charge in [-0.2, -0.15) is 0 Å². The van der Waals surface area contributed by atoms with E-state index in [0.29, 0.717) is 0 Å². The van der Waals surface area contributed by atoms with Gasteiger partial charge in [0.25, 0.3) is 0 Å². The molecule has 1 unspecified atom stereocenters. The number of ether oxygens (including phenoxy) is 1. The molecule has 1 fully saturated rings. The molecule has 5 heteroatoms. The second kappa shape index (κ2) is 3.94. The minimum atomic E-state index is -1.28. The fourth-order valence-electron chi connectivity index (χ4n) is 1.75. The molecule has 1 saturated heterocycles. The summed E-state index contributed by atoms with van der Waals surface area (Å²) < 4.78 is 18.4. The third kappa shape index (κ3) is 1.73. The van der Waals surface area contributed by atoms with Gasteiger partial charge in [-0.25, -0.2) is 4.39 Å². The summed E-state index contributed by atoms with van der Waals surface area (Å²) in [5.74, 6) is -0.486. The van der Waals surface area contributed by atoms with Crippen molar-refractivity contribution in [2.24, 2.45) is 5.92 Å². The first-order valence-corrected chi connectivity index (χ1v) is 4.36. The lowest BCUT2D eigenvalue weighted by Crippen LogP contribution is -2.40. The number of halogens is 1. The third-order valence-electron chi connectivity index (χ3n) is 2.79. The van der Waals surface area contributed by atoms with Crippen LogP contribution in [0.5, 0.6) is 0 Å². The van der Waals surface area contributed by atoms with Crippen molar-refractivity contribution in [1.82, 2.24) is 0 Å². The van der Waals surface area contributed by atoms with Crippen LogP contribution in [0.4, 0.5) is 4.39 Å². The molecule has 0 spiro atoms. The van der Waals surface area contributed by atoms with Crippen molar-refractivity contribution >= 4 is 7.85 Å². The van der Waals surface area contributed by atoms with Crippen LogP contribution < -0.4 is 0 Å². The van der Waals surface area contributed by atoms with Crippen LogP contribution >= 0.6 is 0 Å². The van der Waals surface area contributed by atoms with Crippen molar-refractivity contribution in [3.63, 3.8) is 0 Å². The average molecular weight is 188 g/mol. The first-order chi connectivity index (χ1) is 6.07. The molecule has 0 saturated carbocycles. The molecule has 0 amide bonds. The van der Waals surface area contributed by atoms with Gasteiger partial charge in [-0.15, -0.1) is 0 Å². The zero-order chi connectivity index (χ0) is 10.1. The summed E-state index contributed by atoms with van der Waals surface area (Å²) in [5.41, 5.74) is -1.01. The Morgan fingerprint density at radius 1 is 1.54 bits per heavy atom. The summed E-state index contributed by atoms with van der Waals surface area (Å²) in [5, 5.41) is 17.9. The molecular weight excluding hydrogens is 174 g/mol. The summed E-state index contributed by atoms with van der Waals surface area (Å²) in [6.45, 7) is 1.16. The van der Waals surface area contributed by atoms with Crippen LogP contribution in [-0.2, 0) is 4.74 Å². The molecule has 13 heavy (non-hydrogen) atoms. The SMILES string of the molecule is [B][C@@H]1O[C@@](CO)(CCO)[C@H](C)C1F. The summed E-state index contributed by atoms with van der Waals surface area (Å²) in [6.07, 6.45) is -1.07. The van der Waals surface area contributed by atoms with Crippen molar-refractivity contribution in [3.8, 4) is 0 Å². The van der Waals surface area contributed by atoms with Crippen molar-refractivity contribution in [2.45, 2.75) is 31.1 Å². The zero-order valence-electron chi connectivity index (χ0n) is 7.61. The molecule has 3 nitrogen and oxygen atoms in total. The molecule has 0 bridgehead atoms. The maximum atomic E-state index is 13.3. The lowest BCUT2D eigenvalue weighted by atomic mass is 9.82. The zero-order valence-corrected chi connectivity index (χ0v) is 7.61. The third-order valence-corrected chi connectivity index (χ3v) is 2.79. The fraction of sp³-hybridized carbons (Fsp3) is 1.00. The standard InChI is InChI=1S/C8H14BFO3/c1-5-6(10)7(9)13-8(5,4-12)2-3-11/h5-7,11-12H,2-4H2,1H3/t5-,6?,7-,8-/m1/s1. The summed E-state index contributed by atoms with van der Waals surface area (Å²) in [6, 6.07) is -0.992. The topological polar surface area (TPSA) is 49.7 Å². The lowest BCUT2D eigenvalue weighted by molar-refractivity contribution is -0.0812. The molecule has 1 aliphatic heterocycles. The van der Waals surface area contributed by atoms with Crippen LogP contribution in [0.1, 0.15) is 13.3 Å². The highest BCUT2D eigenvalue weighted by molar-refractivity contribution is 6.11. The monoisotopic (exact) mass is 188 g/mol. The van der Waals surface area contributed by atoms with Gasteiger partial charge in [0.05, 0.1) is 12.2 Å². The highest BCUT2D eigenvalue weighted by Gasteiger charge is 2.50. The predicted molar refractivity (Wildman–Crippen MR) is 46.2 cm³/mol. The highest BCUT2D eigenvalue weighted by atomic mass is 19.1. The Hall–Kier alpha value is -0.125. The van der Waals surface area contributed by atoms with E-state index in [9.17, 15) is 4.39 Å². The predicted octanol–water partition coefficient (Wildman–Crippen LogP) is -0.401. The minimum absolute atomic E-state index is 0.148. The van der Waals surface area contributed by atoms with E-state index in [1.165, 1.54) is 0 Å². The smallest absolute Gasteiger partial charge is 0.123 e. The summed E-state index contributed by atoms with van der Waals surface area (Å²) in [4.78, 5) is 0. The fourth-order valence-corrected chi connectivity index (χ4v) is 1.75. The van der Waals surface area contributed by atoms with Gasteiger partial charge < -0.3 is 14.9 Å². The molecule has 0 aromatic carbocycles. The van der Waals surface area contributed by atoms with Gasteiger partial charge in [0, 0.05) is 24.9 Å². The molecule has 1 aliphatic rings. The van der Waals surface area contributed by atoms with Crippen LogP contribution in [0.15, 0.2) is 0 Å². The Morgan fingerprint density at radius 3 is 2.46 bits per heavy atom. The Labute approximate surface area is 78.3 Å². The second-order valence-electron chi connectivity index (χ2n) is 3.51. The molecule has 0 aromatic heterocycles. The van der Waals surface area contributed by atoms with Crippen LogP contribution in [0, 0.1) is 5.92 Å². The normalized spacial score (nSPS) is 45.4. The van der Waals surface area contributed by atoms with Gasteiger partial charge in [-0.05, 0) is 0 Å². The Kier molecular flexibility index (Phi) is 3.32. The highest BCUT2D eigenvalue weighted by Crippen LogP contribution is 2.39. The van der Waals surface area contributed by atoms with Gasteiger partial charge in [-0.1, -0.05) is 6.92 Å². The van der Waals surface area contributed by atoms with Gasteiger partial charge in [-0.3, -0.25) is 0 Å². The van der Waals surface area contributed by atoms with Crippen molar-refractivity contribution < 1.29 is 19.3 Å². The van der Waals surface area contributed by atoms with Crippen molar-refractivity contribution in [2.75, 3.05) is 13.2 Å². The van der Waals surface area contributed by atoms with E-state index in [0.717, 1.165) is 0 Å². The molecule has 0 aliphatic carbocycles. The van der Waals surface area contributed by atoms with Crippen LogP contribution in [0.2, 0.25) is 0 Å². The number of rotatable bonds is 3.